The lowest BCUT2D eigenvalue weighted by Crippen LogP contribution is -2.31. The number of allylic oxidation sites excluding steroid dienone is 8. The Hall–Kier alpha value is -3.49. The smallest absolute Gasteiger partial charge is 0.353 e. The molecular formula is C35H53N3O4S. The van der Waals surface area contributed by atoms with Crippen LogP contribution in [0, 0.1) is 0 Å². The number of ether oxygens (including phenoxy) is 2. The first kappa shape index (κ1) is 39.5. The number of hydrogen-bond acceptors (Lipinski definition) is 7. The Balaban J connectivity index is 0.00000171. The molecule has 0 bridgehead atoms. The maximum atomic E-state index is 12.9. The zero-order valence-electron chi connectivity index (χ0n) is 27.8. The number of nitrogens with one attached hydrogen (secondary N) is 2. The maximum Gasteiger partial charge on any atom is 0.353 e. The Morgan fingerprint density at radius 2 is 1.70 bits per heavy atom. The van der Waals surface area contributed by atoms with E-state index in [0.717, 1.165) is 54.7 Å². The lowest BCUT2D eigenvalue weighted by molar-refractivity contribution is -0.136. The SMILES string of the molecule is C=C(NC(C(=C)NC(=O)c1csc(C(/C=C\CC)=C/C=C(\C)CCC)n1)=C1CCC1)C(=O)OC.C=CC.COC(C)(C)C. The first-order valence-corrected chi connectivity index (χ1v) is 15.5. The Kier molecular flexibility index (Phi) is 19.5. The number of thiazole rings is 1. The molecule has 1 aromatic rings. The fourth-order valence-corrected chi connectivity index (χ4v) is 4.04. The molecule has 1 aromatic heterocycles. The van der Waals surface area contributed by atoms with Crippen molar-refractivity contribution in [3.8, 4) is 0 Å². The van der Waals surface area contributed by atoms with E-state index in [1.807, 2.05) is 33.8 Å². The number of carbonyl (C=O) groups is 2. The first-order chi connectivity index (χ1) is 20.3. The predicted molar refractivity (Wildman–Crippen MR) is 183 cm³/mol. The molecular weight excluding hydrogens is 558 g/mol. The van der Waals surface area contributed by atoms with E-state index in [1.54, 1.807) is 18.6 Å². The first-order valence-electron chi connectivity index (χ1n) is 14.7. The average molecular weight is 612 g/mol. The molecule has 0 radical (unpaired) electrons. The van der Waals surface area contributed by atoms with Crippen LogP contribution in [0.5, 0.6) is 0 Å². The minimum atomic E-state index is -0.566. The van der Waals surface area contributed by atoms with Crippen molar-refractivity contribution in [1.29, 1.82) is 0 Å². The highest BCUT2D eigenvalue weighted by Crippen LogP contribution is 2.30. The van der Waals surface area contributed by atoms with Gasteiger partial charge in [-0.2, -0.15) is 0 Å². The number of rotatable bonds is 12. The number of esters is 1. The Bertz CT molecular complexity index is 1200. The van der Waals surface area contributed by atoms with Crippen molar-refractivity contribution in [2.45, 2.75) is 92.6 Å². The van der Waals surface area contributed by atoms with E-state index < -0.39 is 5.97 Å². The summed E-state index contributed by atoms with van der Waals surface area (Å²) >= 11 is 1.42. The summed E-state index contributed by atoms with van der Waals surface area (Å²) in [5, 5.41) is 8.30. The van der Waals surface area contributed by atoms with Gasteiger partial charge in [-0.05, 0) is 72.3 Å². The van der Waals surface area contributed by atoms with Crippen LogP contribution >= 0.6 is 11.3 Å². The lowest BCUT2D eigenvalue weighted by atomic mass is 9.89. The molecule has 43 heavy (non-hydrogen) atoms. The van der Waals surface area contributed by atoms with Gasteiger partial charge in [-0.25, -0.2) is 9.78 Å². The monoisotopic (exact) mass is 611 g/mol. The summed E-state index contributed by atoms with van der Waals surface area (Å²) in [6, 6.07) is 0. The molecule has 2 N–H and O–H groups in total. The van der Waals surface area contributed by atoms with Crippen molar-refractivity contribution in [2.24, 2.45) is 0 Å². The maximum absolute atomic E-state index is 12.9. The van der Waals surface area contributed by atoms with Gasteiger partial charge in [-0.3, -0.25) is 4.79 Å². The summed E-state index contributed by atoms with van der Waals surface area (Å²) in [6.45, 7) is 25.4. The number of amides is 1. The van der Waals surface area contributed by atoms with E-state index in [4.69, 9.17) is 9.47 Å². The predicted octanol–water partition coefficient (Wildman–Crippen LogP) is 8.82. The summed E-state index contributed by atoms with van der Waals surface area (Å²) in [4.78, 5) is 29.3. The minimum Gasteiger partial charge on any atom is -0.464 e. The Labute approximate surface area is 264 Å². The van der Waals surface area contributed by atoms with Crippen molar-refractivity contribution >= 4 is 28.8 Å². The van der Waals surface area contributed by atoms with E-state index in [-0.39, 0.29) is 17.2 Å². The summed E-state index contributed by atoms with van der Waals surface area (Å²) in [5.74, 6) is -0.921. The third kappa shape index (κ3) is 16.1. The quantitative estimate of drug-likeness (QED) is 0.106. The second-order valence-electron chi connectivity index (χ2n) is 10.8. The van der Waals surface area contributed by atoms with Crippen LogP contribution in [0.4, 0.5) is 0 Å². The highest BCUT2D eigenvalue weighted by molar-refractivity contribution is 7.11. The standard InChI is InChI=1S/C27H35N3O3S.C5H12O.C3H6/c1-7-9-12-22(16-15-18(3)11-8-2)26-30-23(17-34-26)25(31)29-19(4)24(21-13-10-14-21)28-20(5)27(32)33-6;1-5(2,3)6-4;1-3-2/h9,12,15-17,28H,4-5,7-8,10-11,13-14H2,1-3,6H3,(H,29,31);1-4H3;3H,1H2,2H3/b12-9-,18-15+,22-16+;;. The molecule has 1 aliphatic rings. The number of hydrogen-bond donors (Lipinski definition) is 2. The molecule has 2 rings (SSSR count). The molecule has 1 aliphatic carbocycles. The van der Waals surface area contributed by atoms with Crippen LogP contribution in [0.1, 0.15) is 102 Å². The Morgan fingerprint density at radius 3 is 2.16 bits per heavy atom. The van der Waals surface area contributed by atoms with Crippen molar-refractivity contribution in [3.63, 3.8) is 0 Å². The van der Waals surface area contributed by atoms with Crippen LogP contribution in [-0.4, -0.2) is 36.7 Å². The van der Waals surface area contributed by atoms with Crippen molar-refractivity contribution in [1.82, 2.24) is 15.6 Å². The van der Waals surface area contributed by atoms with E-state index >= 15 is 0 Å². The van der Waals surface area contributed by atoms with Crippen LogP contribution in [-0.2, 0) is 14.3 Å². The number of aromatic nitrogens is 1. The van der Waals surface area contributed by atoms with Gasteiger partial charge in [-0.1, -0.05) is 69.4 Å². The van der Waals surface area contributed by atoms with Gasteiger partial charge in [0, 0.05) is 18.1 Å². The minimum absolute atomic E-state index is 0.0417. The van der Waals surface area contributed by atoms with Crippen LogP contribution in [0.15, 0.2) is 83.7 Å². The van der Waals surface area contributed by atoms with Crippen molar-refractivity contribution in [2.75, 3.05) is 14.2 Å². The van der Waals surface area contributed by atoms with Gasteiger partial charge in [0.15, 0.2) is 0 Å². The van der Waals surface area contributed by atoms with Crippen LogP contribution < -0.4 is 10.6 Å². The number of methoxy groups -OCH3 is 2. The zero-order chi connectivity index (χ0) is 33.0. The topological polar surface area (TPSA) is 89.6 Å². The molecule has 0 spiro atoms. The number of carbonyl (C=O) groups excluding carboxylic acids is 2. The molecule has 0 aromatic carbocycles. The molecule has 0 saturated heterocycles. The molecule has 238 valence electrons. The Morgan fingerprint density at radius 1 is 1.09 bits per heavy atom. The van der Waals surface area contributed by atoms with Crippen molar-refractivity contribution < 1.29 is 19.1 Å². The van der Waals surface area contributed by atoms with E-state index in [9.17, 15) is 9.59 Å². The van der Waals surface area contributed by atoms with E-state index in [1.165, 1.54) is 24.0 Å². The molecule has 7 nitrogen and oxygen atoms in total. The summed E-state index contributed by atoms with van der Waals surface area (Å²) in [7, 11) is 3.00. The highest BCUT2D eigenvalue weighted by Gasteiger charge is 2.22. The average Bonchev–Trinajstić information content (AvgIpc) is 3.42. The molecule has 8 heteroatoms. The fourth-order valence-electron chi connectivity index (χ4n) is 3.23. The molecule has 1 amide bonds. The second kappa shape index (κ2) is 21.2. The third-order valence-electron chi connectivity index (χ3n) is 5.91. The molecule has 0 aliphatic heterocycles. The normalized spacial score (nSPS) is 13.0. The fraction of sp³-hybridized carbons (Fsp3) is 0.457. The van der Waals surface area contributed by atoms with Crippen LogP contribution in [0.2, 0.25) is 0 Å². The summed E-state index contributed by atoms with van der Waals surface area (Å²) in [6.07, 6.45) is 15.9. The second-order valence-corrected chi connectivity index (χ2v) is 11.7. The third-order valence-corrected chi connectivity index (χ3v) is 6.80. The van der Waals surface area contributed by atoms with Gasteiger partial charge in [0.2, 0.25) is 0 Å². The van der Waals surface area contributed by atoms with Gasteiger partial charge < -0.3 is 20.1 Å². The molecule has 1 fully saturated rings. The van der Waals surface area contributed by atoms with Gasteiger partial charge in [0.05, 0.1) is 24.1 Å². The van der Waals surface area contributed by atoms with Gasteiger partial charge in [0.25, 0.3) is 5.91 Å². The largest absolute Gasteiger partial charge is 0.464 e. The highest BCUT2D eigenvalue weighted by atomic mass is 32.1. The summed E-state index contributed by atoms with van der Waals surface area (Å²) < 4.78 is 9.65. The van der Waals surface area contributed by atoms with Gasteiger partial charge in [-0.15, -0.1) is 17.9 Å². The van der Waals surface area contributed by atoms with Crippen LogP contribution in [0.25, 0.3) is 5.57 Å². The number of nitrogens with zero attached hydrogens (tertiary/aromatic N) is 1. The zero-order valence-corrected chi connectivity index (χ0v) is 28.6. The molecule has 1 saturated carbocycles. The van der Waals surface area contributed by atoms with Gasteiger partial charge >= 0.3 is 5.97 Å². The van der Waals surface area contributed by atoms with Crippen LogP contribution in [0.3, 0.4) is 0 Å². The molecule has 1 heterocycles. The van der Waals surface area contributed by atoms with Crippen molar-refractivity contribution in [3.05, 3.63) is 94.4 Å². The molecule has 0 atom stereocenters. The molecule has 0 unspecified atom stereocenters. The summed E-state index contributed by atoms with van der Waals surface area (Å²) in [5.41, 5.74) is 4.77. The van der Waals surface area contributed by atoms with E-state index in [0.29, 0.717) is 17.1 Å². The van der Waals surface area contributed by atoms with Gasteiger partial charge in [0.1, 0.15) is 16.4 Å². The van der Waals surface area contributed by atoms with E-state index in [2.05, 4.69) is 74.4 Å². The lowest BCUT2D eigenvalue weighted by Gasteiger charge is -2.25.